The Morgan fingerprint density at radius 3 is 2.41 bits per heavy atom. The first-order valence-electron chi connectivity index (χ1n) is 8.91. The molecule has 2 N–H and O–H groups in total. The lowest BCUT2D eigenvalue weighted by atomic mass is 10.1. The fraction of sp³-hybridized carbons (Fsp3) is 0. The zero-order valence-electron chi connectivity index (χ0n) is 14.4. The monoisotopic (exact) mass is 365 g/mol. The maximum Gasteiger partial charge on any atom is 0.149 e. The lowest BCUT2D eigenvalue weighted by Gasteiger charge is -2.00. The number of rotatable bonds is 2. The lowest BCUT2D eigenvalue weighted by molar-refractivity contribution is 1.35. The largest absolute Gasteiger partial charge is 0.354 e. The van der Waals surface area contributed by atoms with Crippen LogP contribution in [0.4, 0.5) is 0 Å². The molecule has 0 fully saturated rings. The molecule has 0 amide bonds. The summed E-state index contributed by atoms with van der Waals surface area (Å²) in [5.74, 6) is 0.922. The molecule has 3 aromatic heterocycles. The van der Waals surface area contributed by atoms with Crippen LogP contribution < -0.4 is 0 Å². The Balaban J connectivity index is 1.68. The number of aromatic amines is 2. The molecule has 0 spiro atoms. The smallest absolute Gasteiger partial charge is 0.149 e. The number of nitrogens with zero attached hydrogens (tertiary/aromatic N) is 1. The van der Waals surface area contributed by atoms with E-state index in [-0.39, 0.29) is 0 Å². The van der Waals surface area contributed by atoms with Crippen molar-refractivity contribution < 1.29 is 0 Å². The van der Waals surface area contributed by atoms with Gasteiger partial charge in [0.1, 0.15) is 5.82 Å². The normalized spacial score (nSPS) is 11.7. The molecule has 3 heterocycles. The highest BCUT2D eigenvalue weighted by molar-refractivity contribution is 7.23. The minimum atomic E-state index is 0.922. The van der Waals surface area contributed by atoms with Crippen molar-refractivity contribution in [3.8, 4) is 22.0 Å². The van der Waals surface area contributed by atoms with Gasteiger partial charge in [-0.05, 0) is 30.3 Å². The number of nitrogens with one attached hydrogen (secondary N) is 2. The Bertz CT molecular complexity index is 1370. The number of para-hydroxylation sites is 3. The molecule has 0 saturated carbocycles. The van der Waals surface area contributed by atoms with Crippen LogP contribution >= 0.6 is 11.3 Å². The van der Waals surface area contributed by atoms with E-state index in [1.807, 2.05) is 18.2 Å². The molecule has 3 nitrogen and oxygen atoms in total. The summed E-state index contributed by atoms with van der Waals surface area (Å²) in [7, 11) is 0. The zero-order valence-corrected chi connectivity index (χ0v) is 15.2. The Morgan fingerprint density at radius 2 is 1.52 bits per heavy atom. The topological polar surface area (TPSA) is 44.5 Å². The van der Waals surface area contributed by atoms with Crippen LogP contribution in [0.1, 0.15) is 0 Å². The van der Waals surface area contributed by atoms with E-state index >= 15 is 0 Å². The predicted molar refractivity (Wildman–Crippen MR) is 114 cm³/mol. The average molecular weight is 365 g/mol. The van der Waals surface area contributed by atoms with Gasteiger partial charge in [-0.2, -0.15) is 0 Å². The summed E-state index contributed by atoms with van der Waals surface area (Å²) in [6.07, 6.45) is 0. The molecule has 0 unspecified atom stereocenters. The number of aromatic nitrogens is 3. The van der Waals surface area contributed by atoms with Crippen molar-refractivity contribution in [1.29, 1.82) is 0 Å². The van der Waals surface area contributed by atoms with Crippen molar-refractivity contribution in [2.45, 2.75) is 0 Å². The van der Waals surface area contributed by atoms with Gasteiger partial charge in [0.05, 0.1) is 15.9 Å². The Hall–Kier alpha value is -3.37. The highest BCUT2D eigenvalue weighted by atomic mass is 32.1. The van der Waals surface area contributed by atoms with Crippen molar-refractivity contribution in [2.24, 2.45) is 0 Å². The molecule has 0 atom stereocenters. The molecule has 128 valence electrons. The average Bonchev–Trinajstić information content (AvgIpc) is 3.40. The zero-order chi connectivity index (χ0) is 17.8. The van der Waals surface area contributed by atoms with E-state index in [4.69, 9.17) is 4.98 Å². The van der Waals surface area contributed by atoms with Crippen LogP contribution in [-0.2, 0) is 0 Å². The second-order valence-electron chi connectivity index (χ2n) is 6.68. The van der Waals surface area contributed by atoms with E-state index in [1.54, 1.807) is 11.3 Å². The number of hydrogen-bond donors (Lipinski definition) is 2. The summed E-state index contributed by atoms with van der Waals surface area (Å²) in [5, 5.41) is 2.47. The summed E-state index contributed by atoms with van der Waals surface area (Å²) in [5.41, 5.74) is 5.55. The predicted octanol–water partition coefficient (Wildman–Crippen LogP) is 6.59. The van der Waals surface area contributed by atoms with Gasteiger partial charge in [-0.15, -0.1) is 11.3 Å². The van der Waals surface area contributed by atoms with Crippen LogP contribution in [0.2, 0.25) is 0 Å². The third-order valence-corrected chi connectivity index (χ3v) is 6.18. The minimum Gasteiger partial charge on any atom is -0.354 e. The molecule has 0 saturated heterocycles. The first-order chi connectivity index (χ1) is 13.4. The molecule has 0 aliphatic heterocycles. The Morgan fingerprint density at radius 1 is 0.741 bits per heavy atom. The van der Waals surface area contributed by atoms with Gasteiger partial charge in [-0.3, -0.25) is 0 Å². The van der Waals surface area contributed by atoms with Gasteiger partial charge in [0, 0.05) is 32.2 Å². The minimum absolute atomic E-state index is 0.922. The van der Waals surface area contributed by atoms with E-state index in [1.165, 1.54) is 25.9 Å². The van der Waals surface area contributed by atoms with E-state index in [0.29, 0.717) is 0 Å². The molecule has 0 radical (unpaired) electrons. The summed E-state index contributed by atoms with van der Waals surface area (Å²) in [4.78, 5) is 13.1. The third-order valence-electron chi connectivity index (χ3n) is 5.00. The maximum atomic E-state index is 4.86. The summed E-state index contributed by atoms with van der Waals surface area (Å²) < 4.78 is 1.27. The van der Waals surface area contributed by atoms with Gasteiger partial charge in [0.2, 0.25) is 0 Å². The van der Waals surface area contributed by atoms with Gasteiger partial charge in [0.25, 0.3) is 0 Å². The number of imidazole rings is 1. The van der Waals surface area contributed by atoms with Crippen LogP contribution in [0.5, 0.6) is 0 Å². The van der Waals surface area contributed by atoms with E-state index in [9.17, 15) is 0 Å². The highest BCUT2D eigenvalue weighted by Gasteiger charge is 2.19. The summed E-state index contributed by atoms with van der Waals surface area (Å²) >= 11 is 1.78. The summed E-state index contributed by atoms with van der Waals surface area (Å²) in [6, 6.07) is 27.4. The number of hydrogen-bond acceptors (Lipinski definition) is 2. The molecule has 6 rings (SSSR count). The van der Waals surface area contributed by atoms with Crippen LogP contribution in [0.15, 0.2) is 78.9 Å². The Labute approximate surface area is 159 Å². The summed E-state index contributed by atoms with van der Waals surface area (Å²) in [6.45, 7) is 0. The standard InChI is InChI=1S/C23H15N3S/c1-3-9-16-14(7-1)13-19(24-16)21-15-8-2-6-12-20(15)27-22(21)23-25-17-10-4-5-11-18(17)26-23/h1-13,24H,(H,25,26). The maximum absolute atomic E-state index is 4.86. The van der Waals surface area contributed by atoms with Crippen molar-refractivity contribution in [2.75, 3.05) is 0 Å². The van der Waals surface area contributed by atoms with Crippen molar-refractivity contribution in [1.82, 2.24) is 15.0 Å². The molecule has 3 aromatic carbocycles. The number of thiophene rings is 1. The molecule has 0 aliphatic carbocycles. The van der Waals surface area contributed by atoms with Gasteiger partial charge >= 0.3 is 0 Å². The van der Waals surface area contributed by atoms with E-state index in [0.717, 1.165) is 28.1 Å². The molecule has 0 aliphatic rings. The number of fused-ring (bicyclic) bond motifs is 3. The van der Waals surface area contributed by atoms with E-state index in [2.05, 4.69) is 70.6 Å². The molecule has 0 bridgehead atoms. The second kappa shape index (κ2) is 5.56. The van der Waals surface area contributed by atoms with Gasteiger partial charge < -0.3 is 9.97 Å². The van der Waals surface area contributed by atoms with Gasteiger partial charge in [0.15, 0.2) is 0 Å². The van der Waals surface area contributed by atoms with Crippen molar-refractivity contribution in [3.05, 3.63) is 78.9 Å². The van der Waals surface area contributed by atoms with Gasteiger partial charge in [-0.25, -0.2) is 4.98 Å². The van der Waals surface area contributed by atoms with Crippen LogP contribution in [-0.4, -0.2) is 15.0 Å². The molecule has 27 heavy (non-hydrogen) atoms. The van der Waals surface area contributed by atoms with Gasteiger partial charge in [-0.1, -0.05) is 48.5 Å². The molecular weight excluding hydrogens is 350 g/mol. The van der Waals surface area contributed by atoms with Crippen molar-refractivity contribution >= 4 is 43.4 Å². The lowest BCUT2D eigenvalue weighted by Crippen LogP contribution is -1.82. The Kier molecular flexibility index (Phi) is 3.04. The first-order valence-corrected chi connectivity index (χ1v) is 9.73. The highest BCUT2D eigenvalue weighted by Crippen LogP contribution is 2.44. The molecule has 4 heteroatoms. The molecule has 6 aromatic rings. The fourth-order valence-corrected chi connectivity index (χ4v) is 4.91. The fourth-order valence-electron chi connectivity index (χ4n) is 3.75. The quantitative estimate of drug-likeness (QED) is 0.357. The van der Waals surface area contributed by atoms with Crippen LogP contribution in [0.25, 0.3) is 54.0 Å². The molecular formula is C23H15N3S. The number of H-pyrrole nitrogens is 2. The third kappa shape index (κ3) is 2.24. The van der Waals surface area contributed by atoms with Crippen molar-refractivity contribution in [3.63, 3.8) is 0 Å². The van der Waals surface area contributed by atoms with E-state index < -0.39 is 0 Å². The van der Waals surface area contributed by atoms with Crippen LogP contribution in [0.3, 0.4) is 0 Å². The van der Waals surface area contributed by atoms with Crippen LogP contribution in [0, 0.1) is 0 Å². The first kappa shape index (κ1) is 14.8. The number of benzene rings is 3. The second-order valence-corrected chi connectivity index (χ2v) is 7.73. The SMILES string of the molecule is c1ccc2[nH]c(-c3c(-c4nc5ccccc5[nH]4)sc4ccccc34)cc2c1.